The van der Waals surface area contributed by atoms with Gasteiger partial charge in [0.2, 0.25) is 0 Å². The standard InChI is InChI=1S/C18H21N3O/c1-12(21-18-15-10-19-11-16(15)18)17-8-7-14(9-20-17)22-13-5-3-2-4-6-13/h2-9,12,15-16,18-19,21H,10-11H2,1H3/t12?,15-,16+,18?. The van der Waals surface area contributed by atoms with Gasteiger partial charge in [-0.15, -0.1) is 0 Å². The van der Waals surface area contributed by atoms with Crippen molar-refractivity contribution >= 4 is 0 Å². The van der Waals surface area contributed by atoms with Crippen LogP contribution in [0.3, 0.4) is 0 Å². The van der Waals surface area contributed by atoms with Gasteiger partial charge >= 0.3 is 0 Å². The van der Waals surface area contributed by atoms with Gasteiger partial charge in [0.15, 0.2) is 0 Å². The average Bonchev–Trinajstić information content (AvgIpc) is 2.97. The Balaban J connectivity index is 1.37. The second kappa shape index (κ2) is 5.71. The van der Waals surface area contributed by atoms with Gasteiger partial charge in [-0.2, -0.15) is 0 Å². The van der Waals surface area contributed by atoms with Crippen molar-refractivity contribution < 1.29 is 4.74 Å². The molecule has 1 aromatic heterocycles. The molecule has 4 rings (SSSR count). The normalized spacial score (nSPS) is 27.2. The highest BCUT2D eigenvalue weighted by Gasteiger charge is 2.53. The molecule has 2 aliphatic rings. The maximum Gasteiger partial charge on any atom is 0.145 e. The van der Waals surface area contributed by atoms with Gasteiger partial charge in [-0.1, -0.05) is 18.2 Å². The van der Waals surface area contributed by atoms with E-state index in [9.17, 15) is 0 Å². The Kier molecular flexibility index (Phi) is 3.56. The van der Waals surface area contributed by atoms with Gasteiger partial charge in [0, 0.05) is 12.1 Å². The molecule has 1 saturated heterocycles. The van der Waals surface area contributed by atoms with Crippen LogP contribution >= 0.6 is 0 Å². The molecule has 0 radical (unpaired) electrons. The summed E-state index contributed by atoms with van der Waals surface area (Å²) >= 11 is 0. The lowest BCUT2D eigenvalue weighted by atomic mass is 10.2. The quantitative estimate of drug-likeness (QED) is 0.890. The Morgan fingerprint density at radius 1 is 1.09 bits per heavy atom. The summed E-state index contributed by atoms with van der Waals surface area (Å²) in [5.74, 6) is 3.25. The highest BCUT2D eigenvalue weighted by Crippen LogP contribution is 2.42. The number of benzene rings is 1. The van der Waals surface area contributed by atoms with Crippen LogP contribution < -0.4 is 15.4 Å². The third-order valence-corrected chi connectivity index (χ3v) is 4.72. The van der Waals surface area contributed by atoms with E-state index in [1.54, 1.807) is 6.20 Å². The third-order valence-electron chi connectivity index (χ3n) is 4.72. The van der Waals surface area contributed by atoms with Crippen LogP contribution in [-0.2, 0) is 0 Å². The number of hydrogen-bond acceptors (Lipinski definition) is 4. The van der Waals surface area contributed by atoms with E-state index in [2.05, 4.69) is 22.5 Å². The SMILES string of the molecule is CC(NC1[C@H]2CNC[C@@H]12)c1ccc(Oc2ccccc2)cn1. The zero-order valence-electron chi connectivity index (χ0n) is 12.7. The summed E-state index contributed by atoms with van der Waals surface area (Å²) in [6.07, 6.45) is 1.80. The first-order chi connectivity index (χ1) is 10.8. The van der Waals surface area contributed by atoms with Crippen molar-refractivity contribution in [3.05, 3.63) is 54.4 Å². The summed E-state index contributed by atoms with van der Waals surface area (Å²) < 4.78 is 5.78. The predicted molar refractivity (Wildman–Crippen MR) is 85.9 cm³/mol. The van der Waals surface area contributed by atoms with Crippen LogP contribution in [-0.4, -0.2) is 24.1 Å². The van der Waals surface area contributed by atoms with Crippen LogP contribution in [0.5, 0.6) is 11.5 Å². The highest BCUT2D eigenvalue weighted by molar-refractivity contribution is 5.30. The Labute approximate surface area is 130 Å². The minimum atomic E-state index is 0.279. The van der Waals surface area contributed by atoms with E-state index in [0.717, 1.165) is 42.1 Å². The minimum absolute atomic E-state index is 0.279. The molecule has 22 heavy (non-hydrogen) atoms. The second-order valence-electron chi connectivity index (χ2n) is 6.23. The molecule has 1 aromatic carbocycles. The number of piperidine rings is 1. The van der Waals surface area contributed by atoms with Crippen molar-refractivity contribution in [2.24, 2.45) is 11.8 Å². The van der Waals surface area contributed by atoms with Crippen LogP contribution in [0.4, 0.5) is 0 Å². The number of fused-ring (bicyclic) bond motifs is 1. The van der Waals surface area contributed by atoms with E-state index in [4.69, 9.17) is 4.74 Å². The molecular formula is C18H21N3O. The van der Waals surface area contributed by atoms with E-state index in [-0.39, 0.29) is 6.04 Å². The topological polar surface area (TPSA) is 46.2 Å². The zero-order chi connectivity index (χ0) is 14.9. The van der Waals surface area contributed by atoms with Crippen LogP contribution in [0.15, 0.2) is 48.7 Å². The molecule has 2 fully saturated rings. The zero-order valence-corrected chi connectivity index (χ0v) is 12.7. The van der Waals surface area contributed by atoms with Crippen LogP contribution in [0, 0.1) is 11.8 Å². The maximum absolute atomic E-state index is 5.78. The van der Waals surface area contributed by atoms with Crippen molar-refractivity contribution in [3.8, 4) is 11.5 Å². The fourth-order valence-corrected chi connectivity index (χ4v) is 3.37. The van der Waals surface area contributed by atoms with Gasteiger partial charge in [0.25, 0.3) is 0 Å². The first kappa shape index (κ1) is 13.7. The monoisotopic (exact) mass is 295 g/mol. The van der Waals surface area contributed by atoms with Crippen LogP contribution in [0.2, 0.25) is 0 Å². The molecule has 2 heterocycles. The first-order valence-electron chi connectivity index (χ1n) is 7.97. The number of hydrogen-bond donors (Lipinski definition) is 2. The fourth-order valence-electron chi connectivity index (χ4n) is 3.37. The Hall–Kier alpha value is -1.91. The van der Waals surface area contributed by atoms with E-state index in [1.165, 1.54) is 0 Å². The molecule has 2 N–H and O–H groups in total. The minimum Gasteiger partial charge on any atom is -0.456 e. The molecule has 0 bridgehead atoms. The van der Waals surface area contributed by atoms with E-state index in [1.807, 2.05) is 42.5 Å². The molecule has 1 aliphatic carbocycles. The second-order valence-corrected chi connectivity index (χ2v) is 6.23. The fraction of sp³-hybridized carbons (Fsp3) is 0.389. The number of nitrogens with one attached hydrogen (secondary N) is 2. The van der Waals surface area contributed by atoms with Crippen LogP contribution in [0.1, 0.15) is 18.7 Å². The molecule has 4 heteroatoms. The molecule has 4 atom stereocenters. The van der Waals surface area contributed by atoms with Gasteiger partial charge in [-0.3, -0.25) is 4.98 Å². The molecule has 1 aliphatic heterocycles. The lowest BCUT2D eigenvalue weighted by Gasteiger charge is -2.15. The molecule has 0 spiro atoms. The predicted octanol–water partition coefficient (Wildman–Crippen LogP) is 2.74. The Morgan fingerprint density at radius 2 is 1.86 bits per heavy atom. The van der Waals surface area contributed by atoms with Gasteiger partial charge in [-0.25, -0.2) is 0 Å². The number of nitrogens with zero attached hydrogens (tertiary/aromatic N) is 1. The van der Waals surface area contributed by atoms with E-state index < -0.39 is 0 Å². The molecule has 4 nitrogen and oxygen atoms in total. The van der Waals surface area contributed by atoms with Gasteiger partial charge < -0.3 is 15.4 Å². The Bertz CT molecular complexity index is 619. The molecule has 0 amide bonds. The summed E-state index contributed by atoms with van der Waals surface area (Å²) in [7, 11) is 0. The summed E-state index contributed by atoms with van der Waals surface area (Å²) in [5.41, 5.74) is 1.07. The van der Waals surface area contributed by atoms with Gasteiger partial charge in [0.1, 0.15) is 11.5 Å². The largest absolute Gasteiger partial charge is 0.456 e. The van der Waals surface area contributed by atoms with E-state index in [0.29, 0.717) is 6.04 Å². The number of aromatic nitrogens is 1. The smallest absolute Gasteiger partial charge is 0.145 e. The number of ether oxygens (including phenoxy) is 1. The summed E-state index contributed by atoms with van der Waals surface area (Å²) in [4.78, 5) is 4.55. The Morgan fingerprint density at radius 3 is 2.55 bits per heavy atom. The lowest BCUT2D eigenvalue weighted by molar-refractivity contribution is 0.474. The van der Waals surface area contributed by atoms with Crippen molar-refractivity contribution in [2.45, 2.75) is 19.0 Å². The van der Waals surface area contributed by atoms with Crippen molar-refractivity contribution in [2.75, 3.05) is 13.1 Å². The molecule has 2 aromatic rings. The molecular weight excluding hydrogens is 274 g/mol. The van der Waals surface area contributed by atoms with Gasteiger partial charge in [-0.05, 0) is 56.1 Å². The summed E-state index contributed by atoms with van der Waals surface area (Å²) in [6.45, 7) is 4.50. The number of pyridine rings is 1. The van der Waals surface area contributed by atoms with Gasteiger partial charge in [0.05, 0.1) is 11.9 Å². The molecule has 114 valence electrons. The molecule has 1 saturated carbocycles. The van der Waals surface area contributed by atoms with Crippen LogP contribution in [0.25, 0.3) is 0 Å². The maximum atomic E-state index is 5.78. The summed E-state index contributed by atoms with van der Waals surface area (Å²) in [5, 5.41) is 7.12. The van der Waals surface area contributed by atoms with Crippen molar-refractivity contribution in [3.63, 3.8) is 0 Å². The highest BCUT2D eigenvalue weighted by atomic mass is 16.5. The lowest BCUT2D eigenvalue weighted by Crippen LogP contribution is -2.29. The van der Waals surface area contributed by atoms with Crippen molar-refractivity contribution in [1.82, 2.24) is 15.6 Å². The van der Waals surface area contributed by atoms with E-state index >= 15 is 0 Å². The average molecular weight is 295 g/mol. The van der Waals surface area contributed by atoms with Crippen molar-refractivity contribution in [1.29, 1.82) is 0 Å². The summed E-state index contributed by atoms with van der Waals surface area (Å²) in [6, 6.07) is 14.8. The first-order valence-corrected chi connectivity index (χ1v) is 7.97. The molecule has 2 unspecified atom stereocenters. The number of para-hydroxylation sites is 1. The third kappa shape index (κ3) is 2.72. The number of rotatable bonds is 5.